The van der Waals surface area contributed by atoms with E-state index in [2.05, 4.69) is 10.1 Å². The van der Waals surface area contributed by atoms with Crippen molar-refractivity contribution < 1.29 is 27.4 Å². The first-order chi connectivity index (χ1) is 9.85. The predicted molar refractivity (Wildman–Crippen MR) is 69.9 cm³/mol. The van der Waals surface area contributed by atoms with Gasteiger partial charge in [0.15, 0.2) is 0 Å². The molecule has 2 rings (SSSR count). The van der Waals surface area contributed by atoms with Crippen LogP contribution in [0.5, 0.6) is 0 Å². The van der Waals surface area contributed by atoms with Gasteiger partial charge in [0.2, 0.25) is 0 Å². The summed E-state index contributed by atoms with van der Waals surface area (Å²) in [7, 11) is 1.17. The third-order valence-electron chi connectivity index (χ3n) is 3.06. The van der Waals surface area contributed by atoms with Crippen LogP contribution in [0, 0.1) is 5.82 Å². The Balaban J connectivity index is 1.92. The number of rotatable bonds is 6. The fraction of sp³-hybridized carbons (Fsp3) is 0.462. The SMILES string of the molecule is COC(=O)c1cc(F)c(N)c(NCCOC2CC2(F)F)c1. The third-order valence-corrected chi connectivity index (χ3v) is 3.06. The van der Waals surface area contributed by atoms with Crippen molar-refractivity contribution in [2.24, 2.45) is 0 Å². The summed E-state index contributed by atoms with van der Waals surface area (Å²) in [6.45, 7) is 0.171. The van der Waals surface area contributed by atoms with E-state index in [1.165, 1.54) is 13.2 Å². The van der Waals surface area contributed by atoms with Gasteiger partial charge < -0.3 is 20.5 Å². The number of ether oxygens (including phenoxy) is 2. The van der Waals surface area contributed by atoms with Gasteiger partial charge in [-0.05, 0) is 12.1 Å². The van der Waals surface area contributed by atoms with Gasteiger partial charge in [-0.3, -0.25) is 0 Å². The molecule has 8 heteroatoms. The normalized spacial score (nSPS) is 19.1. The lowest BCUT2D eigenvalue weighted by molar-refractivity contribution is 0.0169. The van der Waals surface area contributed by atoms with Crippen LogP contribution in [-0.2, 0) is 9.47 Å². The summed E-state index contributed by atoms with van der Waals surface area (Å²) in [6.07, 6.45) is -1.32. The fourth-order valence-electron chi connectivity index (χ4n) is 1.76. The second-order valence-electron chi connectivity index (χ2n) is 4.66. The van der Waals surface area contributed by atoms with Gasteiger partial charge in [0, 0.05) is 13.0 Å². The zero-order chi connectivity index (χ0) is 15.6. The van der Waals surface area contributed by atoms with Gasteiger partial charge >= 0.3 is 5.97 Å². The maximum atomic E-state index is 13.6. The van der Waals surface area contributed by atoms with Crippen molar-refractivity contribution in [3.05, 3.63) is 23.5 Å². The average molecular weight is 304 g/mol. The third kappa shape index (κ3) is 3.57. The molecule has 1 aromatic rings. The molecule has 0 heterocycles. The van der Waals surface area contributed by atoms with Crippen molar-refractivity contribution in [1.29, 1.82) is 0 Å². The smallest absolute Gasteiger partial charge is 0.338 e. The number of esters is 1. The average Bonchev–Trinajstić information content (AvgIpc) is 3.05. The number of hydrogen-bond acceptors (Lipinski definition) is 5. The van der Waals surface area contributed by atoms with Crippen LogP contribution < -0.4 is 11.1 Å². The Labute approximate surface area is 119 Å². The molecule has 0 aromatic heterocycles. The van der Waals surface area contributed by atoms with Gasteiger partial charge in [0.1, 0.15) is 11.9 Å². The van der Waals surface area contributed by atoms with Gasteiger partial charge in [0.05, 0.1) is 30.7 Å². The Morgan fingerprint density at radius 1 is 1.52 bits per heavy atom. The Kier molecular flexibility index (Phi) is 4.26. The lowest BCUT2D eigenvalue weighted by Gasteiger charge is -2.12. The highest BCUT2D eigenvalue weighted by atomic mass is 19.3. The molecular formula is C13H15F3N2O3. The van der Waals surface area contributed by atoms with E-state index >= 15 is 0 Å². The quantitative estimate of drug-likeness (QED) is 0.478. The number of benzene rings is 1. The molecule has 1 atom stereocenters. The maximum absolute atomic E-state index is 13.6. The fourth-order valence-corrected chi connectivity index (χ4v) is 1.76. The number of carbonyl (C=O) groups excluding carboxylic acids is 1. The lowest BCUT2D eigenvalue weighted by atomic mass is 10.1. The first-order valence-corrected chi connectivity index (χ1v) is 6.26. The molecule has 116 valence electrons. The van der Waals surface area contributed by atoms with Gasteiger partial charge in [-0.1, -0.05) is 0 Å². The van der Waals surface area contributed by atoms with Crippen molar-refractivity contribution >= 4 is 17.3 Å². The summed E-state index contributed by atoms with van der Waals surface area (Å²) in [4.78, 5) is 11.4. The Bertz CT molecular complexity index is 552. The number of nitrogens with two attached hydrogens (primary N) is 1. The summed E-state index contributed by atoms with van der Waals surface area (Å²) in [5.41, 5.74) is 5.56. The van der Waals surface area contributed by atoms with Crippen molar-refractivity contribution in [3.8, 4) is 0 Å². The molecule has 3 N–H and O–H groups in total. The van der Waals surface area contributed by atoms with E-state index in [-0.39, 0.29) is 36.5 Å². The Morgan fingerprint density at radius 3 is 2.76 bits per heavy atom. The van der Waals surface area contributed by atoms with E-state index in [9.17, 15) is 18.0 Å². The van der Waals surface area contributed by atoms with Gasteiger partial charge in [0.25, 0.3) is 5.92 Å². The second-order valence-corrected chi connectivity index (χ2v) is 4.66. The van der Waals surface area contributed by atoms with Crippen molar-refractivity contribution in [3.63, 3.8) is 0 Å². The molecule has 1 fully saturated rings. The van der Waals surface area contributed by atoms with Gasteiger partial charge in [-0.25, -0.2) is 18.0 Å². The highest BCUT2D eigenvalue weighted by molar-refractivity contribution is 5.92. The van der Waals surface area contributed by atoms with Crippen molar-refractivity contribution in [2.75, 3.05) is 31.3 Å². The molecule has 0 spiro atoms. The van der Waals surface area contributed by atoms with Crippen LogP contribution in [0.4, 0.5) is 24.5 Å². The zero-order valence-electron chi connectivity index (χ0n) is 11.3. The van der Waals surface area contributed by atoms with Crippen LogP contribution in [0.25, 0.3) is 0 Å². The number of hydrogen-bond donors (Lipinski definition) is 2. The molecule has 1 aliphatic rings. The van der Waals surface area contributed by atoms with Gasteiger partial charge in [-0.2, -0.15) is 0 Å². The highest BCUT2D eigenvalue weighted by Gasteiger charge is 2.58. The Morgan fingerprint density at radius 2 is 2.19 bits per heavy atom. The molecular weight excluding hydrogens is 289 g/mol. The number of nitrogen functional groups attached to an aromatic ring is 1. The maximum Gasteiger partial charge on any atom is 0.338 e. The molecule has 0 bridgehead atoms. The Hall–Kier alpha value is -1.96. The molecule has 1 saturated carbocycles. The second kappa shape index (κ2) is 5.80. The van der Waals surface area contributed by atoms with E-state index in [0.29, 0.717) is 0 Å². The van der Waals surface area contributed by atoms with E-state index in [1.807, 2.05) is 0 Å². The number of methoxy groups -OCH3 is 1. The molecule has 1 aliphatic carbocycles. The van der Waals surface area contributed by atoms with Crippen LogP contribution in [0.15, 0.2) is 12.1 Å². The number of carbonyl (C=O) groups is 1. The molecule has 1 aromatic carbocycles. The minimum atomic E-state index is -2.74. The summed E-state index contributed by atoms with van der Waals surface area (Å²) in [5.74, 6) is -4.21. The summed E-state index contributed by atoms with van der Waals surface area (Å²) < 4.78 is 48.2. The number of anilines is 2. The number of nitrogens with one attached hydrogen (secondary N) is 1. The molecule has 1 unspecified atom stereocenters. The van der Waals surface area contributed by atoms with Crippen LogP contribution in [0.2, 0.25) is 0 Å². The van der Waals surface area contributed by atoms with Crippen LogP contribution in [0.1, 0.15) is 16.8 Å². The molecule has 0 aliphatic heterocycles. The molecule has 0 saturated heterocycles. The van der Waals surface area contributed by atoms with Crippen LogP contribution in [-0.4, -0.2) is 38.3 Å². The van der Waals surface area contributed by atoms with E-state index in [0.717, 1.165) is 6.07 Å². The van der Waals surface area contributed by atoms with Crippen LogP contribution in [0.3, 0.4) is 0 Å². The van der Waals surface area contributed by atoms with E-state index in [1.54, 1.807) is 0 Å². The predicted octanol–water partition coefficient (Wildman–Crippen LogP) is 2.03. The molecule has 0 amide bonds. The summed E-state index contributed by atoms with van der Waals surface area (Å²) in [5, 5.41) is 2.74. The van der Waals surface area contributed by atoms with Crippen molar-refractivity contribution in [1.82, 2.24) is 0 Å². The van der Waals surface area contributed by atoms with E-state index in [4.69, 9.17) is 10.5 Å². The molecule has 5 nitrogen and oxygen atoms in total. The minimum Gasteiger partial charge on any atom is -0.465 e. The van der Waals surface area contributed by atoms with E-state index < -0.39 is 23.8 Å². The van der Waals surface area contributed by atoms with Gasteiger partial charge in [-0.15, -0.1) is 0 Å². The largest absolute Gasteiger partial charge is 0.465 e. The first-order valence-electron chi connectivity index (χ1n) is 6.26. The zero-order valence-corrected chi connectivity index (χ0v) is 11.3. The van der Waals surface area contributed by atoms with Crippen LogP contribution >= 0.6 is 0 Å². The number of halogens is 3. The van der Waals surface area contributed by atoms with Crippen molar-refractivity contribution in [2.45, 2.75) is 18.4 Å². The summed E-state index contributed by atoms with van der Waals surface area (Å²) >= 11 is 0. The lowest BCUT2D eigenvalue weighted by Crippen LogP contribution is -2.15. The molecule has 0 radical (unpaired) electrons. The number of alkyl halides is 2. The minimum absolute atomic E-state index is 0.00125. The monoisotopic (exact) mass is 304 g/mol. The highest BCUT2D eigenvalue weighted by Crippen LogP contribution is 2.44. The summed E-state index contributed by atoms with van der Waals surface area (Å²) in [6, 6.07) is 2.30. The topological polar surface area (TPSA) is 73.6 Å². The molecule has 21 heavy (non-hydrogen) atoms. The standard InChI is InChI=1S/C13H15F3N2O3/c1-20-12(19)7-4-8(14)11(17)9(5-7)18-2-3-21-10-6-13(10,15)16/h4-5,10,18H,2-3,6,17H2,1H3. The first kappa shape index (κ1) is 15.4.